The Balaban J connectivity index is 3.00. The van der Waals surface area contributed by atoms with Crippen molar-refractivity contribution in [2.45, 2.75) is 32.4 Å². The molecule has 0 aromatic heterocycles. The van der Waals surface area contributed by atoms with E-state index in [1.807, 2.05) is 0 Å². The highest BCUT2D eigenvalue weighted by molar-refractivity contribution is 6.12. The quantitative estimate of drug-likeness (QED) is 0.578. The third-order valence-corrected chi connectivity index (χ3v) is 3.15. The van der Waals surface area contributed by atoms with Gasteiger partial charge in [0.25, 0.3) is 5.91 Å². The van der Waals surface area contributed by atoms with Crippen molar-refractivity contribution in [2.24, 2.45) is 0 Å². The summed E-state index contributed by atoms with van der Waals surface area (Å²) in [4.78, 5) is 34.5. The van der Waals surface area contributed by atoms with Crippen molar-refractivity contribution in [3.63, 3.8) is 0 Å². The fourth-order valence-corrected chi connectivity index (χ4v) is 1.68. The van der Waals surface area contributed by atoms with Gasteiger partial charge in [0, 0.05) is 5.69 Å². The van der Waals surface area contributed by atoms with E-state index in [9.17, 15) is 19.5 Å². The summed E-state index contributed by atoms with van der Waals surface area (Å²) in [7, 11) is 0. The summed E-state index contributed by atoms with van der Waals surface area (Å²) in [6, 6.07) is 5.70. The molecule has 2 atom stereocenters. The van der Waals surface area contributed by atoms with Gasteiger partial charge in [-0.05, 0) is 32.4 Å². The molecule has 0 aliphatic carbocycles. The number of nitrogens with one attached hydrogen (secondary N) is 2. The normalized spacial score (nSPS) is 14.8. The lowest BCUT2D eigenvalue weighted by Gasteiger charge is -2.27. The third-order valence-electron chi connectivity index (χ3n) is 3.15. The van der Waals surface area contributed by atoms with Crippen molar-refractivity contribution in [1.82, 2.24) is 5.32 Å². The number of carboxylic acid groups (broad SMARTS) is 2. The maximum Gasteiger partial charge on any atom is 0.333 e. The average Bonchev–Trinajstić information content (AvgIpc) is 2.40. The molecule has 1 aromatic rings. The number of carboxylic acids is 2. The van der Waals surface area contributed by atoms with Crippen molar-refractivity contribution in [3.8, 4) is 0 Å². The molecule has 21 heavy (non-hydrogen) atoms. The molecule has 0 fully saturated rings. The minimum absolute atomic E-state index is 0.472. The van der Waals surface area contributed by atoms with Crippen LogP contribution >= 0.6 is 0 Å². The second kappa shape index (κ2) is 6.36. The fourth-order valence-electron chi connectivity index (χ4n) is 1.68. The highest BCUT2D eigenvalue weighted by Crippen LogP contribution is 2.16. The van der Waals surface area contributed by atoms with Crippen molar-refractivity contribution in [2.75, 3.05) is 5.32 Å². The molecule has 1 aromatic carbocycles. The van der Waals surface area contributed by atoms with E-state index >= 15 is 0 Å². The standard InChI is InChI=1S/C14H18N2O5/c1-8-6-4-5-7-10(8)15-12(19)14(3,13(20)21)16-9(2)11(17)18/h4-7,9,16H,1-3H3,(H,15,19)(H,17,18)(H,20,21). The van der Waals surface area contributed by atoms with Crippen LogP contribution in [0.25, 0.3) is 0 Å². The molecule has 0 saturated heterocycles. The summed E-state index contributed by atoms with van der Waals surface area (Å²) in [6.45, 7) is 4.16. The summed E-state index contributed by atoms with van der Waals surface area (Å²) in [5.74, 6) is -3.54. The molecule has 2 unspecified atom stereocenters. The molecule has 0 bridgehead atoms. The van der Waals surface area contributed by atoms with Gasteiger partial charge >= 0.3 is 11.9 Å². The van der Waals surface area contributed by atoms with E-state index in [2.05, 4.69) is 10.6 Å². The van der Waals surface area contributed by atoms with Crippen LogP contribution in [0, 0.1) is 6.92 Å². The Morgan fingerprint density at radius 3 is 2.24 bits per heavy atom. The molecule has 0 aliphatic heterocycles. The molecule has 0 saturated carbocycles. The zero-order valence-corrected chi connectivity index (χ0v) is 12.0. The van der Waals surface area contributed by atoms with Gasteiger partial charge in [0.05, 0.1) is 0 Å². The monoisotopic (exact) mass is 294 g/mol. The zero-order valence-electron chi connectivity index (χ0n) is 12.0. The van der Waals surface area contributed by atoms with E-state index < -0.39 is 29.4 Å². The van der Waals surface area contributed by atoms with Crippen LogP contribution in [0.15, 0.2) is 24.3 Å². The number of anilines is 1. The van der Waals surface area contributed by atoms with Crippen LogP contribution in [-0.2, 0) is 14.4 Å². The van der Waals surface area contributed by atoms with E-state index in [0.29, 0.717) is 5.69 Å². The average molecular weight is 294 g/mol. The molecular formula is C14H18N2O5. The first-order valence-electron chi connectivity index (χ1n) is 6.29. The van der Waals surface area contributed by atoms with E-state index in [1.165, 1.54) is 6.92 Å². The van der Waals surface area contributed by atoms with Crippen LogP contribution in [0.2, 0.25) is 0 Å². The van der Waals surface area contributed by atoms with Gasteiger partial charge in [-0.3, -0.25) is 14.9 Å². The van der Waals surface area contributed by atoms with Gasteiger partial charge in [-0.1, -0.05) is 18.2 Å². The van der Waals surface area contributed by atoms with Gasteiger partial charge in [-0.15, -0.1) is 0 Å². The van der Waals surface area contributed by atoms with Crippen LogP contribution in [0.5, 0.6) is 0 Å². The fraction of sp³-hybridized carbons (Fsp3) is 0.357. The Morgan fingerprint density at radius 2 is 1.76 bits per heavy atom. The third kappa shape index (κ3) is 3.79. The van der Waals surface area contributed by atoms with Crippen molar-refractivity contribution < 1.29 is 24.6 Å². The van der Waals surface area contributed by atoms with Gasteiger partial charge in [0.2, 0.25) is 0 Å². The van der Waals surface area contributed by atoms with E-state index in [0.717, 1.165) is 12.5 Å². The molecule has 7 nitrogen and oxygen atoms in total. The number of amides is 1. The Labute approximate surface area is 122 Å². The molecular weight excluding hydrogens is 276 g/mol. The predicted molar refractivity (Wildman–Crippen MR) is 76.1 cm³/mol. The smallest absolute Gasteiger partial charge is 0.333 e. The molecule has 7 heteroatoms. The number of rotatable bonds is 6. The molecule has 0 radical (unpaired) electrons. The van der Waals surface area contributed by atoms with Crippen molar-refractivity contribution >= 4 is 23.5 Å². The van der Waals surface area contributed by atoms with E-state index in [-0.39, 0.29) is 0 Å². The lowest BCUT2D eigenvalue weighted by Crippen LogP contribution is -2.62. The van der Waals surface area contributed by atoms with Gasteiger partial charge in [-0.25, -0.2) is 4.79 Å². The number of hydrogen-bond donors (Lipinski definition) is 4. The first kappa shape index (κ1) is 16.6. The molecule has 4 N–H and O–H groups in total. The number of aliphatic carboxylic acids is 2. The molecule has 114 valence electrons. The topological polar surface area (TPSA) is 116 Å². The number of benzene rings is 1. The molecule has 0 aliphatic rings. The summed E-state index contributed by atoms with van der Waals surface area (Å²) in [5, 5.41) is 22.9. The lowest BCUT2D eigenvalue weighted by molar-refractivity contribution is -0.150. The minimum atomic E-state index is -2.06. The predicted octanol–water partition coefficient (Wildman–Crippen LogP) is 0.840. The Hall–Kier alpha value is -2.41. The van der Waals surface area contributed by atoms with Gasteiger partial charge in [-0.2, -0.15) is 0 Å². The van der Waals surface area contributed by atoms with Crippen LogP contribution in [0.3, 0.4) is 0 Å². The summed E-state index contributed by atoms with van der Waals surface area (Å²) < 4.78 is 0. The number of para-hydroxylation sites is 1. The largest absolute Gasteiger partial charge is 0.480 e. The minimum Gasteiger partial charge on any atom is -0.480 e. The first-order valence-corrected chi connectivity index (χ1v) is 6.29. The van der Waals surface area contributed by atoms with Gasteiger partial charge in [0.15, 0.2) is 5.54 Å². The number of aryl methyl sites for hydroxylation is 1. The number of carbonyl (C=O) groups excluding carboxylic acids is 1. The zero-order chi connectivity index (χ0) is 16.2. The number of hydrogen-bond acceptors (Lipinski definition) is 4. The van der Waals surface area contributed by atoms with E-state index in [4.69, 9.17) is 5.11 Å². The maximum absolute atomic E-state index is 12.2. The van der Waals surface area contributed by atoms with Crippen LogP contribution in [-0.4, -0.2) is 39.6 Å². The second-order valence-corrected chi connectivity index (χ2v) is 4.90. The van der Waals surface area contributed by atoms with Crippen LogP contribution in [0.4, 0.5) is 5.69 Å². The molecule has 1 amide bonds. The Morgan fingerprint density at radius 1 is 1.19 bits per heavy atom. The van der Waals surface area contributed by atoms with Crippen LogP contribution in [0.1, 0.15) is 19.4 Å². The Bertz CT molecular complexity index is 572. The molecule has 0 spiro atoms. The number of carbonyl (C=O) groups is 3. The van der Waals surface area contributed by atoms with Gasteiger partial charge in [0.1, 0.15) is 6.04 Å². The van der Waals surface area contributed by atoms with Crippen LogP contribution < -0.4 is 10.6 Å². The van der Waals surface area contributed by atoms with Crippen molar-refractivity contribution in [3.05, 3.63) is 29.8 Å². The highest BCUT2D eigenvalue weighted by Gasteiger charge is 2.43. The highest BCUT2D eigenvalue weighted by atomic mass is 16.4. The maximum atomic E-state index is 12.2. The van der Waals surface area contributed by atoms with Gasteiger partial charge < -0.3 is 15.5 Å². The SMILES string of the molecule is Cc1ccccc1NC(=O)C(C)(NC(C)C(=O)O)C(=O)O. The molecule has 1 rings (SSSR count). The Kier molecular flexibility index (Phi) is 5.04. The van der Waals surface area contributed by atoms with E-state index in [1.54, 1.807) is 31.2 Å². The van der Waals surface area contributed by atoms with Crippen molar-refractivity contribution in [1.29, 1.82) is 0 Å². The lowest BCUT2D eigenvalue weighted by atomic mass is 9.99. The summed E-state index contributed by atoms with van der Waals surface area (Å²) >= 11 is 0. The summed E-state index contributed by atoms with van der Waals surface area (Å²) in [5.41, 5.74) is -0.815. The summed E-state index contributed by atoms with van der Waals surface area (Å²) in [6.07, 6.45) is 0. The second-order valence-electron chi connectivity index (χ2n) is 4.90. The first-order chi connectivity index (χ1) is 9.68. The molecule has 0 heterocycles.